The lowest BCUT2D eigenvalue weighted by atomic mass is 10.0. The van der Waals surface area contributed by atoms with Crippen LogP contribution >= 0.6 is 0 Å². The molecule has 0 amide bonds. The molecule has 0 unspecified atom stereocenters. The topological polar surface area (TPSA) is 12.0 Å². The van der Waals surface area contributed by atoms with E-state index in [1.54, 1.807) is 0 Å². The van der Waals surface area contributed by atoms with Crippen molar-refractivity contribution in [2.45, 2.75) is 122 Å². The zero-order valence-corrected chi connectivity index (χ0v) is 14.3. The zero-order valence-electron chi connectivity index (χ0n) is 14.3. The number of hydrogen-bond acceptors (Lipinski definition) is 1. The number of rotatable bonds is 13. The summed E-state index contributed by atoms with van der Waals surface area (Å²) < 4.78 is 0. The summed E-state index contributed by atoms with van der Waals surface area (Å²) in [5.74, 6) is 0. The van der Waals surface area contributed by atoms with Crippen molar-refractivity contribution in [3.63, 3.8) is 0 Å². The Morgan fingerprint density at radius 1 is 0.600 bits per heavy atom. The molecular weight excluding hydrogens is 242 g/mol. The van der Waals surface area contributed by atoms with Gasteiger partial charge in [0.05, 0.1) is 0 Å². The first kappa shape index (κ1) is 18.0. The maximum absolute atomic E-state index is 3.88. The maximum Gasteiger partial charge on any atom is 0.00702 e. The summed E-state index contributed by atoms with van der Waals surface area (Å²) in [6.45, 7) is 4.59. The standard InChI is InChI=1S/C19H39N/c1-3-5-7-9-10-11-13-15-19-17-16-18(20-19)14-12-8-6-4-2/h18-20H,3-17H2,1-2H3/t18-,19-/m0/s1. The molecule has 0 aromatic carbocycles. The van der Waals surface area contributed by atoms with Crippen LogP contribution in [0.3, 0.4) is 0 Å². The van der Waals surface area contributed by atoms with Crippen molar-refractivity contribution in [3.05, 3.63) is 0 Å². The summed E-state index contributed by atoms with van der Waals surface area (Å²) in [5, 5.41) is 3.88. The third-order valence-electron chi connectivity index (χ3n) is 4.90. The van der Waals surface area contributed by atoms with Gasteiger partial charge in [-0.2, -0.15) is 0 Å². The summed E-state index contributed by atoms with van der Waals surface area (Å²) in [6.07, 6.45) is 21.5. The van der Waals surface area contributed by atoms with Gasteiger partial charge in [0.15, 0.2) is 0 Å². The second-order valence-electron chi connectivity index (χ2n) is 6.90. The highest BCUT2D eigenvalue weighted by molar-refractivity contribution is 4.83. The predicted molar refractivity (Wildman–Crippen MR) is 91.3 cm³/mol. The van der Waals surface area contributed by atoms with Gasteiger partial charge in [0.2, 0.25) is 0 Å². The first-order valence-corrected chi connectivity index (χ1v) is 9.62. The monoisotopic (exact) mass is 281 g/mol. The van der Waals surface area contributed by atoms with E-state index in [4.69, 9.17) is 0 Å². The summed E-state index contributed by atoms with van der Waals surface area (Å²) in [4.78, 5) is 0. The molecule has 1 heteroatoms. The molecule has 1 aliphatic rings. The SMILES string of the molecule is CCCCCCCCC[C@H]1CC[C@H](CCCCCC)N1. The molecular formula is C19H39N. The third kappa shape index (κ3) is 9.00. The lowest BCUT2D eigenvalue weighted by Crippen LogP contribution is -2.29. The van der Waals surface area contributed by atoms with Gasteiger partial charge >= 0.3 is 0 Å². The van der Waals surface area contributed by atoms with Gasteiger partial charge in [0.1, 0.15) is 0 Å². The minimum Gasteiger partial charge on any atom is -0.311 e. The Labute approximate surface area is 128 Å². The van der Waals surface area contributed by atoms with Crippen molar-refractivity contribution < 1.29 is 0 Å². The predicted octanol–water partition coefficient (Wildman–Crippen LogP) is 6.22. The molecule has 1 heterocycles. The van der Waals surface area contributed by atoms with E-state index in [-0.39, 0.29) is 0 Å². The molecule has 20 heavy (non-hydrogen) atoms. The normalized spacial score (nSPS) is 22.5. The molecule has 2 atom stereocenters. The van der Waals surface area contributed by atoms with Gasteiger partial charge in [-0.25, -0.2) is 0 Å². The van der Waals surface area contributed by atoms with Crippen LogP contribution in [0.1, 0.15) is 110 Å². The number of nitrogens with one attached hydrogen (secondary N) is 1. The Balaban J connectivity index is 1.88. The Morgan fingerprint density at radius 2 is 1.00 bits per heavy atom. The van der Waals surface area contributed by atoms with Gasteiger partial charge in [-0.05, 0) is 25.7 Å². The van der Waals surface area contributed by atoms with E-state index < -0.39 is 0 Å². The maximum atomic E-state index is 3.88. The van der Waals surface area contributed by atoms with E-state index in [1.807, 2.05) is 0 Å². The molecule has 1 aliphatic heterocycles. The Morgan fingerprint density at radius 3 is 1.50 bits per heavy atom. The van der Waals surface area contributed by atoms with Crippen LogP contribution in [0, 0.1) is 0 Å². The lowest BCUT2D eigenvalue weighted by molar-refractivity contribution is 0.454. The van der Waals surface area contributed by atoms with Gasteiger partial charge in [-0.15, -0.1) is 0 Å². The molecule has 0 radical (unpaired) electrons. The van der Waals surface area contributed by atoms with Gasteiger partial charge in [0.25, 0.3) is 0 Å². The highest BCUT2D eigenvalue weighted by Gasteiger charge is 2.22. The van der Waals surface area contributed by atoms with E-state index in [9.17, 15) is 0 Å². The Hall–Kier alpha value is -0.0400. The molecule has 1 nitrogen and oxygen atoms in total. The largest absolute Gasteiger partial charge is 0.311 e. The molecule has 0 saturated carbocycles. The second-order valence-corrected chi connectivity index (χ2v) is 6.90. The van der Waals surface area contributed by atoms with E-state index in [1.165, 1.54) is 96.3 Å². The highest BCUT2D eigenvalue weighted by Crippen LogP contribution is 2.21. The van der Waals surface area contributed by atoms with Gasteiger partial charge in [-0.1, -0.05) is 84.5 Å². The average Bonchev–Trinajstić information content (AvgIpc) is 2.90. The molecule has 0 aromatic rings. The zero-order chi connectivity index (χ0) is 14.5. The average molecular weight is 282 g/mol. The fourth-order valence-electron chi connectivity index (χ4n) is 3.52. The third-order valence-corrected chi connectivity index (χ3v) is 4.90. The molecule has 0 aliphatic carbocycles. The molecule has 0 aromatic heterocycles. The fourth-order valence-corrected chi connectivity index (χ4v) is 3.52. The van der Waals surface area contributed by atoms with Crippen molar-refractivity contribution in [1.29, 1.82) is 0 Å². The van der Waals surface area contributed by atoms with Crippen LogP contribution in [0.2, 0.25) is 0 Å². The van der Waals surface area contributed by atoms with Crippen molar-refractivity contribution in [3.8, 4) is 0 Å². The fraction of sp³-hybridized carbons (Fsp3) is 1.00. The van der Waals surface area contributed by atoms with Crippen molar-refractivity contribution in [2.24, 2.45) is 0 Å². The number of unbranched alkanes of at least 4 members (excludes halogenated alkanes) is 9. The molecule has 0 bridgehead atoms. The summed E-state index contributed by atoms with van der Waals surface area (Å²) in [5.41, 5.74) is 0. The van der Waals surface area contributed by atoms with Gasteiger partial charge in [-0.3, -0.25) is 0 Å². The van der Waals surface area contributed by atoms with E-state index in [0.717, 1.165) is 12.1 Å². The smallest absolute Gasteiger partial charge is 0.00702 e. The van der Waals surface area contributed by atoms with Crippen LogP contribution in [0.25, 0.3) is 0 Å². The summed E-state index contributed by atoms with van der Waals surface area (Å²) in [7, 11) is 0. The second kappa shape index (κ2) is 12.7. The van der Waals surface area contributed by atoms with Crippen molar-refractivity contribution in [2.75, 3.05) is 0 Å². The van der Waals surface area contributed by atoms with Crippen LogP contribution in [-0.2, 0) is 0 Å². The first-order valence-electron chi connectivity index (χ1n) is 9.62. The highest BCUT2D eigenvalue weighted by atomic mass is 15.0. The number of hydrogen-bond donors (Lipinski definition) is 1. The van der Waals surface area contributed by atoms with Gasteiger partial charge < -0.3 is 5.32 Å². The summed E-state index contributed by atoms with van der Waals surface area (Å²) in [6, 6.07) is 1.70. The van der Waals surface area contributed by atoms with Gasteiger partial charge in [0, 0.05) is 12.1 Å². The molecule has 1 rings (SSSR count). The lowest BCUT2D eigenvalue weighted by Gasteiger charge is -2.14. The molecule has 120 valence electrons. The van der Waals surface area contributed by atoms with E-state index in [0.29, 0.717) is 0 Å². The quantitative estimate of drug-likeness (QED) is 0.395. The molecule has 1 saturated heterocycles. The Bertz CT molecular complexity index is 202. The van der Waals surface area contributed by atoms with Crippen LogP contribution in [-0.4, -0.2) is 12.1 Å². The summed E-state index contributed by atoms with van der Waals surface area (Å²) >= 11 is 0. The minimum absolute atomic E-state index is 0.849. The van der Waals surface area contributed by atoms with Crippen LogP contribution in [0.5, 0.6) is 0 Å². The van der Waals surface area contributed by atoms with Crippen LogP contribution in [0.15, 0.2) is 0 Å². The van der Waals surface area contributed by atoms with E-state index >= 15 is 0 Å². The first-order chi connectivity index (χ1) is 9.86. The minimum atomic E-state index is 0.849. The van der Waals surface area contributed by atoms with Crippen molar-refractivity contribution in [1.82, 2.24) is 5.32 Å². The van der Waals surface area contributed by atoms with Crippen LogP contribution < -0.4 is 5.32 Å². The molecule has 0 spiro atoms. The van der Waals surface area contributed by atoms with Crippen LogP contribution in [0.4, 0.5) is 0 Å². The van der Waals surface area contributed by atoms with E-state index in [2.05, 4.69) is 19.2 Å². The Kier molecular flexibility index (Phi) is 11.4. The molecule has 1 N–H and O–H groups in total. The molecule has 1 fully saturated rings. The van der Waals surface area contributed by atoms with Crippen molar-refractivity contribution >= 4 is 0 Å².